The zero-order valence-electron chi connectivity index (χ0n) is 7.69. The van der Waals surface area contributed by atoms with Crippen molar-refractivity contribution >= 4 is 0 Å². The first-order valence-electron chi connectivity index (χ1n) is 5.19. The van der Waals surface area contributed by atoms with Crippen LogP contribution in [-0.2, 0) is 0 Å². The lowest BCUT2D eigenvalue weighted by atomic mass is 9.32. The van der Waals surface area contributed by atoms with Crippen LogP contribution in [0.1, 0.15) is 46.0 Å². The maximum atomic E-state index is 2.52. The van der Waals surface area contributed by atoms with Crippen LogP contribution in [0.3, 0.4) is 0 Å². The van der Waals surface area contributed by atoms with Crippen LogP contribution in [0, 0.1) is 22.7 Å². The van der Waals surface area contributed by atoms with Crippen LogP contribution in [0.2, 0.25) is 0 Å². The van der Waals surface area contributed by atoms with E-state index < -0.39 is 0 Å². The van der Waals surface area contributed by atoms with Gasteiger partial charge < -0.3 is 0 Å². The van der Waals surface area contributed by atoms with Crippen molar-refractivity contribution in [3.63, 3.8) is 0 Å². The minimum Gasteiger partial charge on any atom is -0.0648 e. The molecule has 62 valence electrons. The molecule has 0 N–H and O–H groups in total. The third kappa shape index (κ3) is 0.522. The van der Waals surface area contributed by atoms with Crippen molar-refractivity contribution in [2.24, 2.45) is 22.7 Å². The highest BCUT2D eigenvalue weighted by Gasteiger charge is 2.67. The fourth-order valence-corrected chi connectivity index (χ4v) is 4.16. The molecular weight excluding hydrogens is 132 g/mol. The van der Waals surface area contributed by atoms with Crippen LogP contribution in [0.5, 0.6) is 0 Å². The fraction of sp³-hybridized carbons (Fsp3) is 1.00. The van der Waals surface area contributed by atoms with E-state index in [0.717, 1.165) is 22.7 Å². The summed E-state index contributed by atoms with van der Waals surface area (Å²) in [4.78, 5) is 0. The molecule has 6 saturated carbocycles. The molecule has 6 fully saturated rings. The van der Waals surface area contributed by atoms with Gasteiger partial charge in [0.1, 0.15) is 0 Å². The lowest BCUT2D eigenvalue weighted by molar-refractivity contribution is -0.234. The molecule has 0 aromatic carbocycles. The van der Waals surface area contributed by atoms with Crippen LogP contribution in [0.15, 0.2) is 0 Å². The zero-order valence-corrected chi connectivity index (χ0v) is 7.69. The van der Waals surface area contributed by atoms with Crippen LogP contribution in [0.25, 0.3) is 0 Å². The third-order valence-corrected chi connectivity index (χ3v) is 5.29. The van der Waals surface area contributed by atoms with Crippen molar-refractivity contribution < 1.29 is 0 Å². The summed E-state index contributed by atoms with van der Waals surface area (Å²) in [5.41, 5.74) is 1.68. The molecule has 6 aliphatic rings. The minimum absolute atomic E-state index is 0.821. The minimum atomic E-state index is 0.821. The SMILES string of the molecule is CCC12CC(C1)C1(C)CC2C1. The Hall–Kier alpha value is 0. The largest absolute Gasteiger partial charge is 0.0648 e. The van der Waals surface area contributed by atoms with Gasteiger partial charge in [-0.2, -0.15) is 0 Å². The molecule has 6 aliphatic carbocycles. The Balaban J connectivity index is 1.91. The highest BCUT2D eigenvalue weighted by atomic mass is 14.7. The fourth-order valence-electron chi connectivity index (χ4n) is 4.16. The summed E-state index contributed by atoms with van der Waals surface area (Å²) >= 11 is 0. The Morgan fingerprint density at radius 3 is 2.09 bits per heavy atom. The second-order valence-electron chi connectivity index (χ2n) is 5.58. The molecule has 0 nitrogen and oxygen atoms in total. The number of rotatable bonds is 1. The molecule has 0 unspecified atom stereocenters. The van der Waals surface area contributed by atoms with Gasteiger partial charge in [0.15, 0.2) is 0 Å². The summed E-state index contributed by atoms with van der Waals surface area (Å²) in [5, 5.41) is 0. The molecule has 0 radical (unpaired) electrons. The first kappa shape index (κ1) is 6.51. The highest BCUT2D eigenvalue weighted by Crippen LogP contribution is 2.76. The van der Waals surface area contributed by atoms with Gasteiger partial charge in [-0.15, -0.1) is 0 Å². The Morgan fingerprint density at radius 1 is 1.09 bits per heavy atom. The topological polar surface area (TPSA) is 0 Å². The summed E-state index contributed by atoms with van der Waals surface area (Å²) in [6.45, 7) is 4.92. The van der Waals surface area contributed by atoms with Crippen LogP contribution in [0.4, 0.5) is 0 Å². The Morgan fingerprint density at radius 2 is 1.73 bits per heavy atom. The molecular formula is C11H18. The Kier molecular flexibility index (Phi) is 0.906. The second kappa shape index (κ2) is 1.53. The predicted molar refractivity (Wildman–Crippen MR) is 46.3 cm³/mol. The van der Waals surface area contributed by atoms with Gasteiger partial charge in [-0.1, -0.05) is 20.3 Å². The first-order chi connectivity index (χ1) is 5.19. The summed E-state index contributed by atoms with van der Waals surface area (Å²) in [6, 6.07) is 0. The van der Waals surface area contributed by atoms with Gasteiger partial charge in [0.05, 0.1) is 0 Å². The molecule has 6 rings (SSSR count). The lowest BCUT2D eigenvalue weighted by Crippen LogP contribution is -2.64. The van der Waals surface area contributed by atoms with Gasteiger partial charge in [-0.25, -0.2) is 0 Å². The molecule has 0 aliphatic heterocycles. The summed E-state index contributed by atoms with van der Waals surface area (Å²) in [5.74, 6) is 2.27. The summed E-state index contributed by atoms with van der Waals surface area (Å²) < 4.78 is 0. The average molecular weight is 150 g/mol. The van der Waals surface area contributed by atoms with E-state index in [2.05, 4.69) is 13.8 Å². The molecule has 0 spiro atoms. The molecule has 0 saturated heterocycles. The monoisotopic (exact) mass is 150 g/mol. The van der Waals surface area contributed by atoms with Gasteiger partial charge in [-0.3, -0.25) is 0 Å². The van der Waals surface area contributed by atoms with Crippen molar-refractivity contribution in [3.8, 4) is 0 Å². The van der Waals surface area contributed by atoms with E-state index in [1.54, 1.807) is 25.7 Å². The number of hydrogen-bond donors (Lipinski definition) is 0. The summed E-state index contributed by atoms with van der Waals surface area (Å²) in [6.07, 6.45) is 7.79. The first-order valence-corrected chi connectivity index (χ1v) is 5.19. The maximum Gasteiger partial charge on any atom is -0.0266 e. The van der Waals surface area contributed by atoms with Crippen LogP contribution >= 0.6 is 0 Å². The van der Waals surface area contributed by atoms with E-state index in [4.69, 9.17) is 0 Å². The van der Waals surface area contributed by atoms with Gasteiger partial charge >= 0.3 is 0 Å². The smallest absolute Gasteiger partial charge is 0.0266 e. The van der Waals surface area contributed by atoms with E-state index in [9.17, 15) is 0 Å². The highest BCUT2D eigenvalue weighted by molar-refractivity contribution is 5.16. The number of hydrogen-bond acceptors (Lipinski definition) is 0. The van der Waals surface area contributed by atoms with Crippen molar-refractivity contribution in [1.29, 1.82) is 0 Å². The Labute approximate surface area is 69.4 Å². The molecule has 0 heterocycles. The Bertz CT molecular complexity index is 192. The van der Waals surface area contributed by atoms with E-state index >= 15 is 0 Å². The zero-order chi connectivity index (χ0) is 7.69. The van der Waals surface area contributed by atoms with Gasteiger partial charge in [0.2, 0.25) is 0 Å². The average Bonchev–Trinajstić information content (AvgIpc) is 1.82. The van der Waals surface area contributed by atoms with Gasteiger partial charge in [0, 0.05) is 0 Å². The molecule has 11 heavy (non-hydrogen) atoms. The van der Waals surface area contributed by atoms with Gasteiger partial charge in [0.25, 0.3) is 0 Å². The molecule has 0 heteroatoms. The second-order valence-corrected chi connectivity index (χ2v) is 5.58. The van der Waals surface area contributed by atoms with E-state index in [0.29, 0.717) is 0 Å². The molecule has 0 aromatic heterocycles. The van der Waals surface area contributed by atoms with Gasteiger partial charge in [-0.05, 0) is 48.3 Å². The lowest BCUT2D eigenvalue weighted by Gasteiger charge is -2.73. The van der Waals surface area contributed by atoms with Crippen molar-refractivity contribution in [2.45, 2.75) is 46.0 Å². The van der Waals surface area contributed by atoms with E-state index in [-0.39, 0.29) is 0 Å². The maximum absolute atomic E-state index is 2.52. The molecule has 0 amide bonds. The third-order valence-electron chi connectivity index (χ3n) is 5.29. The predicted octanol–water partition coefficient (Wildman–Crippen LogP) is 3.22. The molecule has 0 atom stereocenters. The van der Waals surface area contributed by atoms with Crippen LogP contribution < -0.4 is 0 Å². The normalized spacial score (nSPS) is 64.9. The molecule has 4 bridgehead atoms. The van der Waals surface area contributed by atoms with E-state index in [1.807, 2.05) is 0 Å². The summed E-state index contributed by atoms with van der Waals surface area (Å²) in [7, 11) is 0. The van der Waals surface area contributed by atoms with Crippen molar-refractivity contribution in [2.75, 3.05) is 0 Å². The quantitative estimate of drug-likeness (QED) is 0.538. The van der Waals surface area contributed by atoms with Crippen molar-refractivity contribution in [3.05, 3.63) is 0 Å². The van der Waals surface area contributed by atoms with Crippen LogP contribution in [-0.4, -0.2) is 0 Å². The van der Waals surface area contributed by atoms with Crippen molar-refractivity contribution in [1.82, 2.24) is 0 Å². The standard InChI is InChI=1S/C11H18/c1-3-11-6-8(7-11)10(2)4-9(11)5-10/h8-9H,3-7H2,1-2H3. The molecule has 0 aromatic rings. The van der Waals surface area contributed by atoms with E-state index in [1.165, 1.54) is 6.42 Å².